The SMILES string of the molecule is Cc1c(C(=O)N[C@@H]2CCc3cc(-c4noc(C5CCC5)n4)ccc32)cnn1C. The molecule has 7 heteroatoms. The average molecular weight is 377 g/mol. The van der Waals surface area contributed by atoms with Gasteiger partial charge in [0.15, 0.2) is 0 Å². The number of carbonyl (C=O) groups is 1. The van der Waals surface area contributed by atoms with Crippen molar-refractivity contribution in [2.24, 2.45) is 7.05 Å². The molecular weight excluding hydrogens is 354 g/mol. The normalized spacial score (nSPS) is 18.7. The molecule has 2 aromatic heterocycles. The Morgan fingerprint density at radius 2 is 2.14 bits per heavy atom. The summed E-state index contributed by atoms with van der Waals surface area (Å²) in [6, 6.07) is 6.25. The van der Waals surface area contributed by atoms with Gasteiger partial charge in [-0.05, 0) is 49.8 Å². The number of nitrogens with zero attached hydrogens (tertiary/aromatic N) is 4. The van der Waals surface area contributed by atoms with Crippen molar-refractivity contribution in [3.05, 3.63) is 52.7 Å². The van der Waals surface area contributed by atoms with Crippen LogP contribution in [-0.4, -0.2) is 25.8 Å². The van der Waals surface area contributed by atoms with Crippen LogP contribution in [0.1, 0.15) is 70.7 Å². The van der Waals surface area contributed by atoms with Crippen LogP contribution in [0.2, 0.25) is 0 Å². The Kier molecular flexibility index (Phi) is 4.03. The minimum atomic E-state index is -0.0733. The van der Waals surface area contributed by atoms with Crippen LogP contribution in [0.4, 0.5) is 0 Å². The topological polar surface area (TPSA) is 85.8 Å². The van der Waals surface area contributed by atoms with Crippen molar-refractivity contribution < 1.29 is 9.32 Å². The molecule has 28 heavy (non-hydrogen) atoms. The molecule has 1 aromatic carbocycles. The molecule has 0 saturated heterocycles. The van der Waals surface area contributed by atoms with E-state index in [0.717, 1.165) is 42.8 Å². The number of hydrogen-bond acceptors (Lipinski definition) is 5. The van der Waals surface area contributed by atoms with Gasteiger partial charge in [0.1, 0.15) is 0 Å². The van der Waals surface area contributed by atoms with E-state index < -0.39 is 0 Å². The van der Waals surface area contributed by atoms with Crippen LogP contribution in [0, 0.1) is 6.92 Å². The second-order valence-corrected chi connectivity index (χ2v) is 7.83. The molecule has 3 aromatic rings. The van der Waals surface area contributed by atoms with Crippen molar-refractivity contribution in [1.29, 1.82) is 0 Å². The summed E-state index contributed by atoms with van der Waals surface area (Å²) in [5.41, 5.74) is 4.87. The number of amides is 1. The van der Waals surface area contributed by atoms with E-state index in [2.05, 4.69) is 32.7 Å². The fourth-order valence-electron chi connectivity index (χ4n) is 4.04. The molecule has 0 bridgehead atoms. The van der Waals surface area contributed by atoms with E-state index in [0.29, 0.717) is 17.3 Å². The van der Waals surface area contributed by atoms with Crippen molar-refractivity contribution in [2.45, 2.75) is 51.0 Å². The molecule has 0 aliphatic heterocycles. The summed E-state index contributed by atoms with van der Waals surface area (Å²) in [5.74, 6) is 1.78. The van der Waals surface area contributed by atoms with Gasteiger partial charge < -0.3 is 9.84 Å². The predicted molar refractivity (Wildman–Crippen MR) is 103 cm³/mol. The molecular formula is C21H23N5O2. The Morgan fingerprint density at radius 3 is 2.86 bits per heavy atom. The first-order valence-corrected chi connectivity index (χ1v) is 9.86. The third kappa shape index (κ3) is 2.82. The van der Waals surface area contributed by atoms with Crippen molar-refractivity contribution in [1.82, 2.24) is 25.2 Å². The summed E-state index contributed by atoms with van der Waals surface area (Å²) < 4.78 is 7.17. The Hall–Kier alpha value is -2.96. The van der Waals surface area contributed by atoms with Crippen LogP contribution in [0.3, 0.4) is 0 Å². The molecule has 1 atom stereocenters. The van der Waals surface area contributed by atoms with Crippen molar-refractivity contribution in [2.75, 3.05) is 0 Å². The highest BCUT2D eigenvalue weighted by atomic mass is 16.5. The lowest BCUT2D eigenvalue weighted by atomic mass is 9.85. The predicted octanol–water partition coefficient (Wildman–Crippen LogP) is 3.46. The molecule has 1 amide bonds. The van der Waals surface area contributed by atoms with Gasteiger partial charge in [0.05, 0.1) is 17.8 Å². The number of carbonyl (C=O) groups excluding carboxylic acids is 1. The smallest absolute Gasteiger partial charge is 0.255 e. The standard InChI is InChI=1S/C21H23N5O2/c1-12-17(11-22-26(12)2)20(27)23-18-9-7-14-10-15(6-8-16(14)18)19-24-21(28-25-19)13-4-3-5-13/h6,8,10-11,13,18H,3-5,7,9H2,1-2H3,(H,23,27)/t18-/m1/s1. The molecule has 144 valence electrons. The van der Waals surface area contributed by atoms with Gasteiger partial charge in [-0.2, -0.15) is 10.1 Å². The lowest BCUT2D eigenvalue weighted by molar-refractivity contribution is 0.0936. The zero-order valence-corrected chi connectivity index (χ0v) is 16.1. The van der Waals surface area contributed by atoms with E-state index in [1.165, 1.54) is 17.5 Å². The van der Waals surface area contributed by atoms with Crippen molar-refractivity contribution >= 4 is 5.91 Å². The molecule has 2 heterocycles. The van der Waals surface area contributed by atoms with Gasteiger partial charge in [0, 0.05) is 24.2 Å². The molecule has 2 aliphatic carbocycles. The summed E-state index contributed by atoms with van der Waals surface area (Å²) in [6.45, 7) is 1.90. The van der Waals surface area contributed by atoms with Gasteiger partial charge in [-0.3, -0.25) is 9.48 Å². The minimum absolute atomic E-state index is 0.0203. The maximum absolute atomic E-state index is 12.6. The number of nitrogens with one attached hydrogen (secondary N) is 1. The van der Waals surface area contributed by atoms with Crippen molar-refractivity contribution in [3.8, 4) is 11.4 Å². The molecule has 1 saturated carbocycles. The van der Waals surface area contributed by atoms with E-state index in [4.69, 9.17) is 4.52 Å². The van der Waals surface area contributed by atoms with Gasteiger partial charge in [-0.25, -0.2) is 0 Å². The molecule has 1 fully saturated rings. The highest BCUT2D eigenvalue weighted by Gasteiger charge is 2.28. The lowest BCUT2D eigenvalue weighted by Crippen LogP contribution is -2.27. The Labute approximate surface area is 163 Å². The first-order valence-electron chi connectivity index (χ1n) is 9.86. The van der Waals surface area contributed by atoms with Crippen LogP contribution >= 0.6 is 0 Å². The second kappa shape index (κ2) is 6.58. The summed E-state index contributed by atoms with van der Waals surface area (Å²) in [7, 11) is 1.84. The highest BCUT2D eigenvalue weighted by Crippen LogP contribution is 2.37. The van der Waals surface area contributed by atoms with Gasteiger partial charge in [0.25, 0.3) is 5.91 Å². The zero-order chi connectivity index (χ0) is 19.3. The van der Waals surface area contributed by atoms with Crippen molar-refractivity contribution in [3.63, 3.8) is 0 Å². The maximum atomic E-state index is 12.6. The molecule has 5 rings (SSSR count). The van der Waals surface area contributed by atoms with Gasteiger partial charge in [-0.1, -0.05) is 23.7 Å². The van der Waals surface area contributed by atoms with E-state index in [-0.39, 0.29) is 11.9 Å². The summed E-state index contributed by atoms with van der Waals surface area (Å²) in [6.07, 6.45) is 6.97. The second-order valence-electron chi connectivity index (χ2n) is 7.83. The Morgan fingerprint density at radius 1 is 1.29 bits per heavy atom. The first kappa shape index (κ1) is 17.2. The number of rotatable bonds is 4. The third-order valence-corrected chi connectivity index (χ3v) is 6.16. The van der Waals surface area contributed by atoms with Gasteiger partial charge in [-0.15, -0.1) is 0 Å². The number of hydrogen-bond donors (Lipinski definition) is 1. The maximum Gasteiger partial charge on any atom is 0.255 e. The molecule has 1 N–H and O–H groups in total. The lowest BCUT2D eigenvalue weighted by Gasteiger charge is -2.20. The minimum Gasteiger partial charge on any atom is -0.345 e. The van der Waals surface area contributed by atoms with Crippen LogP contribution in [-0.2, 0) is 13.5 Å². The number of aryl methyl sites for hydroxylation is 2. The van der Waals surface area contributed by atoms with E-state index >= 15 is 0 Å². The van der Waals surface area contributed by atoms with Crippen LogP contribution < -0.4 is 5.32 Å². The number of aromatic nitrogens is 4. The molecule has 0 unspecified atom stereocenters. The Balaban J connectivity index is 1.34. The number of benzene rings is 1. The summed E-state index contributed by atoms with van der Waals surface area (Å²) in [4.78, 5) is 17.2. The van der Waals surface area contributed by atoms with E-state index in [9.17, 15) is 4.79 Å². The molecule has 0 spiro atoms. The third-order valence-electron chi connectivity index (χ3n) is 6.16. The average Bonchev–Trinajstić information content (AvgIpc) is 3.34. The monoisotopic (exact) mass is 377 g/mol. The van der Waals surface area contributed by atoms with Crippen LogP contribution in [0.5, 0.6) is 0 Å². The molecule has 7 nitrogen and oxygen atoms in total. The largest absolute Gasteiger partial charge is 0.345 e. The summed E-state index contributed by atoms with van der Waals surface area (Å²) in [5, 5.41) is 11.5. The van der Waals surface area contributed by atoms with E-state index in [1.54, 1.807) is 10.9 Å². The first-order chi connectivity index (χ1) is 13.6. The fraction of sp³-hybridized carbons (Fsp3) is 0.429. The van der Waals surface area contributed by atoms with Crippen LogP contribution in [0.15, 0.2) is 28.9 Å². The zero-order valence-electron chi connectivity index (χ0n) is 16.1. The molecule has 2 aliphatic rings. The Bertz CT molecular complexity index is 1050. The van der Waals surface area contributed by atoms with Crippen LogP contribution in [0.25, 0.3) is 11.4 Å². The fourth-order valence-corrected chi connectivity index (χ4v) is 4.04. The quantitative estimate of drug-likeness (QED) is 0.752. The van der Waals surface area contributed by atoms with Gasteiger partial charge >= 0.3 is 0 Å². The highest BCUT2D eigenvalue weighted by molar-refractivity contribution is 5.95. The van der Waals surface area contributed by atoms with E-state index in [1.807, 2.05) is 20.0 Å². The summed E-state index contributed by atoms with van der Waals surface area (Å²) >= 11 is 0. The van der Waals surface area contributed by atoms with Gasteiger partial charge in [0.2, 0.25) is 11.7 Å². The number of fused-ring (bicyclic) bond motifs is 1. The molecule has 0 radical (unpaired) electrons.